The first-order valence-corrected chi connectivity index (χ1v) is 15.9. The lowest BCUT2D eigenvalue weighted by atomic mass is 10.1. The van der Waals surface area contributed by atoms with Crippen LogP contribution in [0.1, 0.15) is 37.5 Å². The zero-order chi connectivity index (χ0) is 30.8. The summed E-state index contributed by atoms with van der Waals surface area (Å²) in [5.41, 5.74) is 1.08. The summed E-state index contributed by atoms with van der Waals surface area (Å²) in [7, 11) is -5.16. The molecule has 0 radical (unpaired) electrons. The molecule has 0 spiro atoms. The Bertz CT molecular complexity index is 1440. The fourth-order valence-corrected chi connectivity index (χ4v) is 6.06. The molecule has 3 heterocycles. The maximum Gasteiger partial charge on any atom is 0.363 e. The van der Waals surface area contributed by atoms with Gasteiger partial charge in [-0.2, -0.15) is 15.1 Å². The molecule has 15 nitrogen and oxygen atoms in total. The topological polar surface area (TPSA) is 222 Å². The molecule has 236 valence electrons. The van der Waals surface area contributed by atoms with Crippen LogP contribution in [0.25, 0.3) is 11.0 Å². The highest BCUT2D eigenvalue weighted by atomic mass is 35.5. The minimum Gasteiger partial charge on any atom is -0.490 e. The molecule has 5 atom stereocenters. The minimum atomic E-state index is -5.16. The number of anilines is 1. The van der Waals surface area contributed by atoms with Crippen molar-refractivity contribution in [3.8, 4) is 5.75 Å². The summed E-state index contributed by atoms with van der Waals surface area (Å²) in [5, 5.41) is 46.4. The van der Waals surface area contributed by atoms with Gasteiger partial charge in [-0.1, -0.05) is 25.0 Å². The van der Waals surface area contributed by atoms with E-state index in [0.717, 1.165) is 31.2 Å². The van der Waals surface area contributed by atoms with Gasteiger partial charge >= 0.3 is 7.60 Å². The first-order valence-electron chi connectivity index (χ1n) is 13.9. The quantitative estimate of drug-likeness (QED) is 0.102. The van der Waals surface area contributed by atoms with Gasteiger partial charge in [-0.3, -0.25) is 4.57 Å². The molecule has 3 aromatic rings. The number of aromatic nitrogens is 4. The molecule has 2 aliphatic rings. The van der Waals surface area contributed by atoms with Crippen molar-refractivity contribution in [1.82, 2.24) is 19.7 Å². The maximum absolute atomic E-state index is 12.5. The third-order valence-electron chi connectivity index (χ3n) is 7.78. The average Bonchev–Trinajstić information content (AvgIpc) is 3.70. The number of rotatable bonds is 13. The molecule has 2 fully saturated rings. The Balaban J connectivity index is 1.31. The van der Waals surface area contributed by atoms with Crippen molar-refractivity contribution >= 4 is 36.0 Å². The molecule has 1 saturated carbocycles. The predicted molar refractivity (Wildman–Crippen MR) is 153 cm³/mol. The summed E-state index contributed by atoms with van der Waals surface area (Å²) in [6.07, 6.45) is 0.502. The molecule has 0 bridgehead atoms. The Hall–Kier alpha value is -2.43. The van der Waals surface area contributed by atoms with Gasteiger partial charge in [0.2, 0.25) is 10.6 Å². The number of aliphatic hydroxyl groups is 4. The smallest absolute Gasteiger partial charge is 0.363 e. The lowest BCUT2D eigenvalue weighted by Gasteiger charge is -2.33. The number of aliphatic hydroxyl groups excluding tert-OH is 4. The lowest BCUT2D eigenvalue weighted by Crippen LogP contribution is -2.46. The van der Waals surface area contributed by atoms with Crippen molar-refractivity contribution in [2.45, 2.75) is 68.0 Å². The summed E-state index contributed by atoms with van der Waals surface area (Å²) in [6.45, 7) is -2.52. The van der Waals surface area contributed by atoms with E-state index in [1.807, 2.05) is 0 Å². The minimum absolute atomic E-state index is 0.0404. The molecule has 1 aliphatic heterocycles. The highest BCUT2D eigenvalue weighted by molar-refractivity contribution is 7.53. The molecule has 1 aromatic carbocycles. The van der Waals surface area contributed by atoms with Crippen molar-refractivity contribution in [2.24, 2.45) is 0 Å². The fraction of sp³-hybridized carbons (Fsp3) is 0.577. The van der Waals surface area contributed by atoms with Crippen LogP contribution in [0.5, 0.6) is 5.75 Å². The van der Waals surface area contributed by atoms with Crippen LogP contribution in [-0.4, -0.2) is 106 Å². The molecule has 43 heavy (non-hydrogen) atoms. The molecule has 1 unspecified atom stereocenters. The molecule has 1 saturated heterocycles. The van der Waals surface area contributed by atoms with Gasteiger partial charge in [0.05, 0.1) is 24.8 Å². The molecule has 1 aliphatic carbocycles. The van der Waals surface area contributed by atoms with E-state index in [1.54, 1.807) is 24.3 Å². The maximum atomic E-state index is 12.5. The zero-order valence-electron chi connectivity index (χ0n) is 23.1. The van der Waals surface area contributed by atoms with Crippen molar-refractivity contribution in [2.75, 3.05) is 31.7 Å². The largest absolute Gasteiger partial charge is 0.490 e. The van der Waals surface area contributed by atoms with E-state index in [2.05, 4.69) is 20.4 Å². The van der Waals surface area contributed by atoms with E-state index in [-0.39, 0.29) is 29.3 Å². The van der Waals surface area contributed by atoms with E-state index in [1.165, 1.54) is 10.9 Å². The second-order valence-corrected chi connectivity index (χ2v) is 12.9. The zero-order valence-corrected chi connectivity index (χ0v) is 24.7. The van der Waals surface area contributed by atoms with Crippen LogP contribution >= 0.6 is 19.2 Å². The van der Waals surface area contributed by atoms with Gasteiger partial charge in [0, 0.05) is 12.6 Å². The van der Waals surface area contributed by atoms with E-state index >= 15 is 0 Å². The summed E-state index contributed by atoms with van der Waals surface area (Å²) in [5.74, 6) is 0.732. The highest BCUT2D eigenvalue weighted by Crippen LogP contribution is 2.51. The molecule has 5 rings (SSSR count). The Morgan fingerprint density at radius 3 is 2.49 bits per heavy atom. The second kappa shape index (κ2) is 13.3. The second-order valence-electron chi connectivity index (χ2n) is 10.7. The van der Waals surface area contributed by atoms with Crippen LogP contribution < -0.4 is 10.1 Å². The summed E-state index contributed by atoms with van der Waals surface area (Å²) in [6, 6.07) is 6.69. The van der Waals surface area contributed by atoms with Gasteiger partial charge in [-0.15, -0.1) is 0 Å². The number of ether oxygens (including phenoxy) is 3. The summed E-state index contributed by atoms with van der Waals surface area (Å²) >= 11 is 6.20. The molecule has 0 amide bonds. The van der Waals surface area contributed by atoms with Crippen LogP contribution in [0.15, 0.2) is 30.5 Å². The van der Waals surface area contributed by atoms with Crippen molar-refractivity contribution < 1.29 is 49.0 Å². The molecule has 17 heteroatoms. The van der Waals surface area contributed by atoms with Crippen LogP contribution in [0.2, 0.25) is 5.28 Å². The number of fused-ring (bicyclic) bond motifs is 1. The SMILES string of the molecule is O=P(O)(O)C(CO)(COc1ccc(CCO)cc1)OC[C@H]1O[C@@H](n2ncc3c(NC4CCCC4)nc(Cl)nc32)[C@H](O)[C@@H]1O. The van der Waals surface area contributed by atoms with Gasteiger partial charge in [-0.05, 0) is 48.6 Å². The molecular weight excluding hydrogens is 609 g/mol. The van der Waals surface area contributed by atoms with Crippen molar-refractivity contribution in [3.05, 3.63) is 41.3 Å². The van der Waals surface area contributed by atoms with Crippen LogP contribution in [-0.2, 0) is 20.5 Å². The Kier molecular flexibility index (Phi) is 9.88. The number of halogens is 1. The van der Waals surface area contributed by atoms with Crippen molar-refractivity contribution in [3.63, 3.8) is 0 Å². The molecular formula is C26H35ClN5O10P. The Morgan fingerprint density at radius 2 is 1.84 bits per heavy atom. The standard InChI is InChI=1S/C26H35ClN5O10P/c27-25-30-22(29-16-3-1-2-4-16)18-11-28-32(23(18)31-25)24-21(36)20(35)19(42-24)12-41-26(13-34,43(37,38)39)14-40-17-7-5-15(6-8-17)9-10-33/h5-8,11,16,19-21,24,33-36H,1-4,9-10,12-14H2,(H,29,30,31)(H2,37,38,39)/t19-,20-,21-,24-,26?/m1/s1. The highest BCUT2D eigenvalue weighted by Gasteiger charge is 2.52. The predicted octanol–water partition coefficient (Wildman–Crippen LogP) is 0.950. The van der Waals surface area contributed by atoms with Crippen LogP contribution in [0, 0.1) is 0 Å². The number of nitrogens with zero attached hydrogens (tertiary/aromatic N) is 4. The van der Waals surface area contributed by atoms with E-state index in [0.29, 0.717) is 17.6 Å². The fourth-order valence-electron chi connectivity index (χ4n) is 5.24. The Labute approximate surface area is 251 Å². The monoisotopic (exact) mass is 643 g/mol. The van der Waals surface area contributed by atoms with Crippen LogP contribution in [0.4, 0.5) is 5.82 Å². The van der Waals surface area contributed by atoms with Gasteiger partial charge in [0.25, 0.3) is 0 Å². The van der Waals surface area contributed by atoms with E-state index in [9.17, 15) is 29.7 Å². The average molecular weight is 644 g/mol. The number of benzene rings is 1. The normalized spacial score (nSPS) is 24.4. The number of nitrogens with one attached hydrogen (secondary N) is 1. The first-order chi connectivity index (χ1) is 20.5. The summed E-state index contributed by atoms with van der Waals surface area (Å²) < 4.78 is 30.7. The van der Waals surface area contributed by atoms with Crippen molar-refractivity contribution in [1.29, 1.82) is 0 Å². The number of hydrogen-bond acceptors (Lipinski definition) is 12. The van der Waals surface area contributed by atoms with Gasteiger partial charge in [0.15, 0.2) is 11.9 Å². The molecule has 7 N–H and O–H groups in total. The third kappa shape index (κ3) is 6.81. The summed E-state index contributed by atoms with van der Waals surface area (Å²) in [4.78, 5) is 28.7. The van der Waals surface area contributed by atoms with E-state index < -0.39 is 57.3 Å². The van der Waals surface area contributed by atoms with Gasteiger partial charge in [-0.25, -0.2) is 4.68 Å². The third-order valence-corrected chi connectivity index (χ3v) is 9.41. The number of hydrogen-bond donors (Lipinski definition) is 7. The first kappa shape index (κ1) is 32.0. The molecule has 2 aromatic heterocycles. The Morgan fingerprint density at radius 1 is 1.12 bits per heavy atom. The van der Waals surface area contributed by atoms with Gasteiger partial charge < -0.3 is 49.7 Å². The van der Waals surface area contributed by atoms with Gasteiger partial charge in [0.1, 0.15) is 36.5 Å². The van der Waals surface area contributed by atoms with E-state index in [4.69, 9.17) is 30.9 Å². The lowest BCUT2D eigenvalue weighted by molar-refractivity contribution is -0.119. The van der Waals surface area contributed by atoms with Crippen LogP contribution in [0.3, 0.4) is 0 Å².